The Bertz CT molecular complexity index is 809. The summed E-state index contributed by atoms with van der Waals surface area (Å²) in [5.41, 5.74) is 3.61. The lowest BCUT2D eigenvalue weighted by atomic mass is 10.1. The van der Waals surface area contributed by atoms with E-state index in [4.69, 9.17) is 11.6 Å². The lowest BCUT2D eigenvalue weighted by Gasteiger charge is -2.06. The Labute approximate surface area is 141 Å². The molecule has 0 radical (unpaired) electrons. The molecular weight excluding hydrogens is 339 g/mol. The quantitative estimate of drug-likeness (QED) is 0.496. The largest absolute Gasteiger partial charge is 0.339 e. The first-order valence-electron chi connectivity index (χ1n) is 6.68. The number of halogens is 2. The van der Waals surface area contributed by atoms with E-state index in [1.807, 2.05) is 0 Å². The van der Waals surface area contributed by atoms with Crippen molar-refractivity contribution in [2.75, 3.05) is 5.32 Å². The average Bonchev–Trinajstić information content (AvgIpc) is 2.56. The number of urea groups is 1. The maximum atomic E-state index is 13.0. The highest BCUT2D eigenvalue weighted by Crippen LogP contribution is 2.19. The number of non-ortho nitro benzene ring substituents is 1. The van der Waals surface area contributed by atoms with Gasteiger partial charge < -0.3 is 5.32 Å². The van der Waals surface area contributed by atoms with Gasteiger partial charge in [0.2, 0.25) is 0 Å². The lowest BCUT2D eigenvalue weighted by molar-refractivity contribution is -0.384. The number of nitrogens with one attached hydrogen (secondary N) is 2. The highest BCUT2D eigenvalue weighted by Gasteiger charge is 2.07. The number of nitro groups is 1. The van der Waals surface area contributed by atoms with Gasteiger partial charge in [0, 0.05) is 17.8 Å². The normalized spacial score (nSPS) is 11.0. The molecule has 2 aromatic carbocycles. The van der Waals surface area contributed by atoms with Gasteiger partial charge in [-0.25, -0.2) is 14.6 Å². The summed E-state index contributed by atoms with van der Waals surface area (Å²) in [6.45, 7) is 1.64. The lowest BCUT2D eigenvalue weighted by Crippen LogP contribution is -2.25. The SMILES string of the molecule is C/C(=N\NC(=O)Nc1ccc(F)c(Cl)c1)c1ccc([N+](=O)[O-])cc1. The zero-order valence-corrected chi connectivity index (χ0v) is 13.2. The number of amides is 2. The molecule has 0 aliphatic rings. The fourth-order valence-electron chi connectivity index (χ4n) is 1.76. The number of nitrogens with zero attached hydrogens (tertiary/aromatic N) is 2. The number of hydrogen-bond acceptors (Lipinski definition) is 4. The molecule has 0 heterocycles. The Morgan fingerprint density at radius 1 is 1.25 bits per heavy atom. The fourth-order valence-corrected chi connectivity index (χ4v) is 1.94. The summed E-state index contributed by atoms with van der Waals surface area (Å²) in [6.07, 6.45) is 0. The molecule has 7 nitrogen and oxygen atoms in total. The van der Waals surface area contributed by atoms with Crippen molar-refractivity contribution in [2.24, 2.45) is 5.10 Å². The number of anilines is 1. The van der Waals surface area contributed by atoms with E-state index in [1.54, 1.807) is 6.92 Å². The molecule has 0 spiro atoms. The van der Waals surface area contributed by atoms with Crippen molar-refractivity contribution in [2.45, 2.75) is 6.92 Å². The Balaban J connectivity index is 1.99. The van der Waals surface area contributed by atoms with E-state index in [0.29, 0.717) is 17.0 Å². The van der Waals surface area contributed by atoms with Gasteiger partial charge in [0.05, 0.1) is 15.7 Å². The number of benzene rings is 2. The first-order valence-corrected chi connectivity index (χ1v) is 7.06. The van der Waals surface area contributed by atoms with Crippen LogP contribution in [-0.4, -0.2) is 16.7 Å². The molecule has 0 atom stereocenters. The monoisotopic (exact) mass is 350 g/mol. The molecule has 0 saturated heterocycles. The van der Waals surface area contributed by atoms with E-state index in [-0.39, 0.29) is 10.7 Å². The van der Waals surface area contributed by atoms with Crippen LogP contribution >= 0.6 is 11.6 Å². The van der Waals surface area contributed by atoms with Crippen molar-refractivity contribution in [3.63, 3.8) is 0 Å². The fraction of sp³-hybridized carbons (Fsp3) is 0.0667. The molecule has 2 amide bonds. The molecule has 24 heavy (non-hydrogen) atoms. The summed E-state index contributed by atoms with van der Waals surface area (Å²) >= 11 is 5.62. The maximum absolute atomic E-state index is 13.0. The molecule has 2 rings (SSSR count). The summed E-state index contributed by atoms with van der Waals surface area (Å²) in [6, 6.07) is 8.84. The van der Waals surface area contributed by atoms with Gasteiger partial charge in [0.1, 0.15) is 5.82 Å². The van der Waals surface area contributed by atoms with Crippen LogP contribution in [0.15, 0.2) is 47.6 Å². The third-order valence-corrected chi connectivity index (χ3v) is 3.29. The van der Waals surface area contributed by atoms with E-state index in [2.05, 4.69) is 15.8 Å². The van der Waals surface area contributed by atoms with Crippen molar-refractivity contribution in [1.29, 1.82) is 0 Å². The smallest absolute Gasteiger partial charge is 0.306 e. The zero-order valence-electron chi connectivity index (χ0n) is 12.4. The van der Waals surface area contributed by atoms with Crippen LogP contribution in [0.4, 0.5) is 20.6 Å². The summed E-state index contributed by atoms with van der Waals surface area (Å²) in [7, 11) is 0. The average molecular weight is 351 g/mol. The number of carbonyl (C=O) groups is 1. The third-order valence-electron chi connectivity index (χ3n) is 3.00. The van der Waals surface area contributed by atoms with Gasteiger partial charge in [-0.05, 0) is 42.8 Å². The molecule has 0 saturated carbocycles. The van der Waals surface area contributed by atoms with Crippen molar-refractivity contribution in [1.82, 2.24) is 5.43 Å². The van der Waals surface area contributed by atoms with Gasteiger partial charge in [-0.15, -0.1) is 0 Å². The van der Waals surface area contributed by atoms with Crippen molar-refractivity contribution in [3.05, 3.63) is 69.0 Å². The highest BCUT2D eigenvalue weighted by atomic mass is 35.5. The number of nitro benzene ring substituents is 1. The van der Waals surface area contributed by atoms with Crippen LogP contribution in [0.1, 0.15) is 12.5 Å². The second-order valence-electron chi connectivity index (χ2n) is 4.70. The van der Waals surface area contributed by atoms with Gasteiger partial charge in [0.25, 0.3) is 5.69 Å². The minimum absolute atomic E-state index is 0.0366. The number of rotatable bonds is 4. The number of hydrazone groups is 1. The predicted octanol–water partition coefficient (Wildman–Crippen LogP) is 3.93. The van der Waals surface area contributed by atoms with Gasteiger partial charge in [-0.3, -0.25) is 10.1 Å². The molecule has 0 unspecified atom stereocenters. The minimum Gasteiger partial charge on any atom is -0.306 e. The van der Waals surface area contributed by atoms with Crippen LogP contribution in [0.5, 0.6) is 0 Å². The molecule has 0 bridgehead atoms. The molecule has 0 aromatic heterocycles. The number of hydrogen-bond donors (Lipinski definition) is 2. The Morgan fingerprint density at radius 3 is 2.50 bits per heavy atom. The van der Waals surface area contributed by atoms with E-state index < -0.39 is 16.8 Å². The second-order valence-corrected chi connectivity index (χ2v) is 5.10. The molecule has 2 aromatic rings. The van der Waals surface area contributed by atoms with Gasteiger partial charge in [-0.1, -0.05) is 11.6 Å². The molecule has 0 aliphatic carbocycles. The van der Waals surface area contributed by atoms with Crippen molar-refractivity contribution in [3.8, 4) is 0 Å². The van der Waals surface area contributed by atoms with Gasteiger partial charge in [0.15, 0.2) is 0 Å². The Hall–Kier alpha value is -3.00. The second kappa shape index (κ2) is 7.51. The van der Waals surface area contributed by atoms with E-state index >= 15 is 0 Å². The van der Waals surface area contributed by atoms with E-state index in [1.165, 1.54) is 36.4 Å². The van der Waals surface area contributed by atoms with Crippen LogP contribution in [0.25, 0.3) is 0 Å². The van der Waals surface area contributed by atoms with Crippen molar-refractivity contribution >= 4 is 34.7 Å². The van der Waals surface area contributed by atoms with E-state index in [9.17, 15) is 19.3 Å². The van der Waals surface area contributed by atoms with Crippen LogP contribution in [0.2, 0.25) is 5.02 Å². The molecular formula is C15H12ClFN4O3. The molecule has 0 fully saturated rings. The molecule has 0 aliphatic heterocycles. The summed E-state index contributed by atoms with van der Waals surface area (Å²) < 4.78 is 13.0. The predicted molar refractivity (Wildman–Crippen MR) is 88.9 cm³/mol. The van der Waals surface area contributed by atoms with Gasteiger partial charge >= 0.3 is 6.03 Å². The summed E-state index contributed by atoms with van der Waals surface area (Å²) in [4.78, 5) is 21.8. The Morgan fingerprint density at radius 2 is 1.92 bits per heavy atom. The van der Waals surface area contributed by atoms with Gasteiger partial charge in [-0.2, -0.15) is 5.10 Å². The van der Waals surface area contributed by atoms with Crippen LogP contribution < -0.4 is 10.7 Å². The first kappa shape index (κ1) is 17.4. The third kappa shape index (κ3) is 4.50. The summed E-state index contributed by atoms with van der Waals surface area (Å²) in [5.74, 6) is -0.588. The van der Waals surface area contributed by atoms with Crippen molar-refractivity contribution < 1.29 is 14.1 Å². The topological polar surface area (TPSA) is 96.6 Å². The maximum Gasteiger partial charge on any atom is 0.339 e. The zero-order chi connectivity index (χ0) is 17.7. The molecule has 9 heteroatoms. The standard InChI is InChI=1S/C15H12ClFN4O3/c1-9(10-2-5-12(6-3-10)21(23)24)19-20-15(22)18-11-4-7-14(17)13(16)8-11/h2-8H,1H3,(H2,18,20,22)/b19-9+. The summed E-state index contributed by atoms with van der Waals surface area (Å²) in [5, 5.41) is 16.8. The van der Waals surface area contributed by atoms with Crippen LogP contribution in [0, 0.1) is 15.9 Å². The molecule has 2 N–H and O–H groups in total. The first-order chi connectivity index (χ1) is 11.4. The van der Waals surface area contributed by atoms with Crippen LogP contribution in [0.3, 0.4) is 0 Å². The number of carbonyl (C=O) groups excluding carboxylic acids is 1. The highest BCUT2D eigenvalue weighted by molar-refractivity contribution is 6.31. The Kier molecular flexibility index (Phi) is 5.43. The minimum atomic E-state index is -0.640. The molecule has 124 valence electrons. The van der Waals surface area contributed by atoms with E-state index in [0.717, 1.165) is 6.07 Å². The van der Waals surface area contributed by atoms with Crippen LogP contribution in [-0.2, 0) is 0 Å².